The quantitative estimate of drug-likeness (QED) is 0.612. The highest BCUT2D eigenvalue weighted by Gasteiger charge is 2.33. The first kappa shape index (κ1) is 19.5. The van der Waals surface area contributed by atoms with E-state index in [1.165, 1.54) is 11.8 Å². The summed E-state index contributed by atoms with van der Waals surface area (Å²) in [6.45, 7) is 4.19. The molecule has 148 valence electrons. The lowest BCUT2D eigenvalue weighted by atomic mass is 9.92. The number of nitrogens with zero attached hydrogens (tertiary/aromatic N) is 2. The summed E-state index contributed by atoms with van der Waals surface area (Å²) in [5.41, 5.74) is 5.94. The summed E-state index contributed by atoms with van der Waals surface area (Å²) in [5, 5.41) is 0.934. The van der Waals surface area contributed by atoms with Crippen LogP contribution in [0.3, 0.4) is 0 Å². The van der Waals surface area contributed by atoms with Gasteiger partial charge in [-0.1, -0.05) is 30.3 Å². The Morgan fingerprint density at radius 3 is 2.52 bits per heavy atom. The second kappa shape index (κ2) is 7.23. The molecule has 4 nitrogen and oxygen atoms in total. The van der Waals surface area contributed by atoms with Crippen molar-refractivity contribution in [2.45, 2.75) is 25.0 Å². The molecule has 1 aliphatic rings. The monoisotopic (exact) mass is 404 g/mol. The summed E-state index contributed by atoms with van der Waals surface area (Å²) < 4.78 is 23.9. The predicted octanol–water partition coefficient (Wildman–Crippen LogP) is 5.04. The molecule has 0 atom stereocenters. The molecule has 29 heavy (non-hydrogen) atoms. The van der Waals surface area contributed by atoms with Crippen molar-refractivity contribution >= 4 is 32.5 Å². The number of hydrogen-bond acceptors (Lipinski definition) is 4. The first-order chi connectivity index (χ1) is 13.8. The van der Waals surface area contributed by atoms with Crippen molar-refractivity contribution in [3.05, 3.63) is 71.9 Å². The van der Waals surface area contributed by atoms with Crippen LogP contribution in [0.4, 0.5) is 0 Å². The highest BCUT2D eigenvalue weighted by molar-refractivity contribution is 7.91. The van der Waals surface area contributed by atoms with Crippen LogP contribution in [0.2, 0.25) is 0 Å². The fourth-order valence-corrected chi connectivity index (χ4v) is 4.11. The Bertz CT molecular complexity index is 1250. The number of aliphatic imine (C=N–C) groups is 1. The fourth-order valence-electron chi connectivity index (χ4n) is 3.57. The van der Waals surface area contributed by atoms with Crippen molar-refractivity contribution in [1.82, 2.24) is 4.98 Å². The van der Waals surface area contributed by atoms with Crippen molar-refractivity contribution in [3.63, 3.8) is 0 Å². The van der Waals surface area contributed by atoms with Crippen molar-refractivity contribution < 1.29 is 8.42 Å². The molecular weight excluding hydrogens is 380 g/mol. The molecule has 0 bridgehead atoms. The Balaban J connectivity index is 1.93. The van der Waals surface area contributed by atoms with Gasteiger partial charge in [-0.25, -0.2) is 8.42 Å². The highest BCUT2D eigenvalue weighted by atomic mass is 32.2. The van der Waals surface area contributed by atoms with E-state index in [9.17, 15) is 8.42 Å². The van der Waals surface area contributed by atoms with E-state index in [0.29, 0.717) is 6.54 Å². The zero-order valence-electron chi connectivity index (χ0n) is 16.9. The highest BCUT2D eigenvalue weighted by Crippen LogP contribution is 2.37. The van der Waals surface area contributed by atoms with Crippen LogP contribution in [-0.2, 0) is 14.6 Å². The number of fused-ring (bicyclic) bond motifs is 1. The Morgan fingerprint density at radius 2 is 1.79 bits per heavy atom. The molecule has 0 spiro atoms. The summed E-state index contributed by atoms with van der Waals surface area (Å²) in [6, 6.07) is 16.1. The maximum Gasteiger partial charge on any atom is 0.156 e. The van der Waals surface area contributed by atoms with Crippen molar-refractivity contribution in [2.24, 2.45) is 4.99 Å². The van der Waals surface area contributed by atoms with Crippen LogP contribution >= 0.6 is 0 Å². The molecule has 0 aliphatic carbocycles. The van der Waals surface area contributed by atoms with E-state index >= 15 is 0 Å². The molecule has 2 aromatic carbocycles. The van der Waals surface area contributed by atoms with Crippen LogP contribution in [0.1, 0.15) is 31.4 Å². The van der Waals surface area contributed by atoms with Crippen LogP contribution in [0.25, 0.3) is 27.6 Å². The van der Waals surface area contributed by atoms with Gasteiger partial charge in [0.15, 0.2) is 9.84 Å². The number of benzene rings is 2. The molecule has 0 saturated heterocycles. The number of aromatic nitrogens is 1. The van der Waals surface area contributed by atoms with E-state index < -0.39 is 14.6 Å². The SMILES string of the molecule is CC(C)(c1cc(-c2cccc(C3=CCC=NC3)c2)c2ncccc2c1)S(C)(=O)=O. The molecule has 1 aliphatic heterocycles. The van der Waals surface area contributed by atoms with Crippen LogP contribution < -0.4 is 0 Å². The maximum absolute atomic E-state index is 12.5. The Labute approximate surface area is 171 Å². The molecular formula is C24H24N2O2S. The largest absolute Gasteiger partial charge is 0.292 e. The third-order valence-corrected chi connectivity index (χ3v) is 7.82. The van der Waals surface area contributed by atoms with E-state index in [4.69, 9.17) is 0 Å². The van der Waals surface area contributed by atoms with Gasteiger partial charge in [0.2, 0.25) is 0 Å². The first-order valence-corrected chi connectivity index (χ1v) is 11.5. The minimum Gasteiger partial charge on any atom is -0.292 e. The van der Waals surface area contributed by atoms with E-state index in [2.05, 4.69) is 34.3 Å². The van der Waals surface area contributed by atoms with Crippen molar-refractivity contribution in [3.8, 4) is 11.1 Å². The lowest BCUT2D eigenvalue weighted by molar-refractivity contribution is 0.561. The van der Waals surface area contributed by atoms with E-state index in [1.807, 2.05) is 36.5 Å². The first-order valence-electron chi connectivity index (χ1n) is 9.64. The normalized spacial score (nSPS) is 14.8. The van der Waals surface area contributed by atoms with Crippen molar-refractivity contribution in [2.75, 3.05) is 12.8 Å². The molecule has 2 heterocycles. The Morgan fingerprint density at radius 1 is 1.00 bits per heavy atom. The maximum atomic E-state index is 12.5. The van der Waals surface area contributed by atoms with Gasteiger partial charge in [-0.15, -0.1) is 0 Å². The van der Waals surface area contributed by atoms with Gasteiger partial charge in [-0.3, -0.25) is 9.98 Å². The van der Waals surface area contributed by atoms with Crippen LogP contribution in [0.15, 0.2) is 65.8 Å². The van der Waals surface area contributed by atoms with E-state index in [1.54, 1.807) is 20.0 Å². The zero-order valence-corrected chi connectivity index (χ0v) is 17.7. The number of pyridine rings is 1. The molecule has 4 rings (SSSR count). The molecule has 3 aromatic rings. The summed E-state index contributed by atoms with van der Waals surface area (Å²) in [4.78, 5) is 8.99. The molecule has 0 fully saturated rings. The number of allylic oxidation sites excluding steroid dienone is 1. The van der Waals surface area contributed by atoms with E-state index in [0.717, 1.165) is 39.6 Å². The molecule has 0 radical (unpaired) electrons. The number of rotatable bonds is 4. The van der Waals surface area contributed by atoms with Gasteiger partial charge in [-0.05, 0) is 60.4 Å². The third kappa shape index (κ3) is 3.62. The lowest BCUT2D eigenvalue weighted by Crippen LogP contribution is -2.28. The van der Waals surface area contributed by atoms with Crippen LogP contribution in [0, 0.1) is 0 Å². The number of hydrogen-bond donors (Lipinski definition) is 0. The second-order valence-electron chi connectivity index (χ2n) is 7.95. The predicted molar refractivity (Wildman–Crippen MR) is 121 cm³/mol. The topological polar surface area (TPSA) is 59.4 Å². The molecule has 0 saturated carbocycles. The lowest BCUT2D eigenvalue weighted by Gasteiger charge is -2.24. The average molecular weight is 405 g/mol. The second-order valence-corrected chi connectivity index (χ2v) is 10.5. The van der Waals surface area contributed by atoms with Crippen molar-refractivity contribution in [1.29, 1.82) is 0 Å². The van der Waals surface area contributed by atoms with Gasteiger partial charge in [0, 0.05) is 36.0 Å². The van der Waals surface area contributed by atoms with Gasteiger partial charge in [0.1, 0.15) is 0 Å². The van der Waals surface area contributed by atoms with E-state index in [-0.39, 0.29) is 0 Å². The van der Waals surface area contributed by atoms with Gasteiger partial charge >= 0.3 is 0 Å². The summed E-state index contributed by atoms with van der Waals surface area (Å²) in [7, 11) is -3.29. The van der Waals surface area contributed by atoms with Crippen LogP contribution in [0.5, 0.6) is 0 Å². The minimum atomic E-state index is -3.29. The third-order valence-electron chi connectivity index (χ3n) is 5.73. The molecule has 1 aromatic heterocycles. The van der Waals surface area contributed by atoms with Gasteiger partial charge < -0.3 is 0 Å². The summed E-state index contributed by atoms with van der Waals surface area (Å²) in [5.74, 6) is 0. The zero-order chi connectivity index (χ0) is 20.6. The van der Waals surface area contributed by atoms with Gasteiger partial charge in [0.05, 0.1) is 16.8 Å². The standard InChI is InChI=1S/C24H24N2O2S/c1-24(2,29(3,27)28)21-14-19-9-6-12-26-23(19)22(15-21)18-8-4-7-17(13-18)20-10-5-11-25-16-20/h4,6-15H,5,16H2,1-3H3. The summed E-state index contributed by atoms with van der Waals surface area (Å²) in [6.07, 6.45) is 8.04. The molecule has 0 N–H and O–H groups in total. The number of sulfone groups is 1. The van der Waals surface area contributed by atoms with Gasteiger partial charge in [0.25, 0.3) is 0 Å². The van der Waals surface area contributed by atoms with Gasteiger partial charge in [-0.2, -0.15) is 0 Å². The Hall–Kier alpha value is -2.79. The van der Waals surface area contributed by atoms with Crippen LogP contribution in [-0.4, -0.2) is 32.4 Å². The smallest absolute Gasteiger partial charge is 0.156 e. The number of dihydropyridines is 1. The molecule has 0 amide bonds. The minimum absolute atomic E-state index is 0.684. The Kier molecular flexibility index (Phi) is 4.87. The molecule has 5 heteroatoms. The fraction of sp³-hybridized carbons (Fsp3) is 0.250. The average Bonchev–Trinajstić information content (AvgIpc) is 2.73. The summed E-state index contributed by atoms with van der Waals surface area (Å²) >= 11 is 0. The molecule has 0 unspecified atom stereocenters.